The van der Waals surface area contributed by atoms with E-state index in [-0.39, 0.29) is 22.5 Å². The number of rotatable bonds is 6. The molecule has 2 aromatic heterocycles. The minimum absolute atomic E-state index is 0. The Morgan fingerprint density at radius 1 is 1.18 bits per heavy atom. The number of hydrogen-bond acceptors (Lipinski definition) is 10. The second-order valence-corrected chi connectivity index (χ2v) is 9.86. The van der Waals surface area contributed by atoms with Crippen LogP contribution in [0.25, 0.3) is 11.2 Å². The summed E-state index contributed by atoms with van der Waals surface area (Å²) in [5, 5.41) is 20.3. The fourth-order valence-corrected chi connectivity index (χ4v) is 5.19. The van der Waals surface area contributed by atoms with Gasteiger partial charge in [0.25, 0.3) is 0 Å². The van der Waals surface area contributed by atoms with E-state index in [1.54, 1.807) is 0 Å². The lowest BCUT2D eigenvalue weighted by Gasteiger charge is -2.18. The van der Waals surface area contributed by atoms with Gasteiger partial charge in [0.2, 0.25) is 0 Å². The SMILES string of the molecule is Nc1ncnc2c1ncn2[C@@H]1O[C@H](COP(=O)(O)CP(=O)(O)O)[C@@H](O)[C@H]1O.O. The number of ether oxygens (including phenoxy) is 1. The van der Waals surface area contributed by atoms with Crippen LogP contribution in [0.4, 0.5) is 5.82 Å². The summed E-state index contributed by atoms with van der Waals surface area (Å²) in [6, 6.07) is 0. The van der Waals surface area contributed by atoms with Gasteiger partial charge in [-0.1, -0.05) is 0 Å². The second kappa shape index (κ2) is 8.08. The molecule has 1 unspecified atom stereocenters. The van der Waals surface area contributed by atoms with Crippen molar-refractivity contribution in [3.63, 3.8) is 0 Å². The van der Waals surface area contributed by atoms with Gasteiger partial charge in [0.1, 0.15) is 30.2 Å². The molecule has 0 aromatic carbocycles. The molecule has 0 bridgehead atoms. The molecule has 158 valence electrons. The van der Waals surface area contributed by atoms with Gasteiger partial charge in [-0.3, -0.25) is 13.7 Å². The predicted octanol–water partition coefficient (Wildman–Crippen LogP) is -2.46. The summed E-state index contributed by atoms with van der Waals surface area (Å²) < 4.78 is 33.9. The maximum absolute atomic E-state index is 11.7. The van der Waals surface area contributed by atoms with E-state index < -0.39 is 52.2 Å². The normalized spacial score (nSPS) is 27.5. The van der Waals surface area contributed by atoms with Crippen LogP contribution in [-0.4, -0.2) is 80.7 Å². The van der Waals surface area contributed by atoms with Crippen LogP contribution in [-0.2, 0) is 18.4 Å². The molecule has 0 aliphatic carbocycles. The number of nitrogens with zero attached hydrogens (tertiary/aromatic N) is 4. The third kappa shape index (κ3) is 4.72. The summed E-state index contributed by atoms with van der Waals surface area (Å²) in [6.07, 6.45) is -2.94. The van der Waals surface area contributed by atoms with Crippen molar-refractivity contribution in [1.29, 1.82) is 0 Å². The molecule has 5 atom stereocenters. The van der Waals surface area contributed by atoms with Gasteiger partial charge >= 0.3 is 15.2 Å². The average molecular weight is 443 g/mol. The van der Waals surface area contributed by atoms with Crippen LogP contribution < -0.4 is 5.73 Å². The quantitative estimate of drug-likeness (QED) is 0.254. The molecule has 0 spiro atoms. The van der Waals surface area contributed by atoms with Gasteiger partial charge in [-0.15, -0.1) is 0 Å². The van der Waals surface area contributed by atoms with Crippen molar-refractivity contribution in [3.8, 4) is 0 Å². The van der Waals surface area contributed by atoms with Crippen LogP contribution in [0, 0.1) is 0 Å². The number of aromatic nitrogens is 4. The molecule has 3 rings (SSSR count). The Morgan fingerprint density at radius 2 is 1.86 bits per heavy atom. The third-order valence-corrected chi connectivity index (χ3v) is 7.26. The van der Waals surface area contributed by atoms with E-state index in [1.807, 2.05) is 0 Å². The molecule has 15 nitrogen and oxygen atoms in total. The van der Waals surface area contributed by atoms with Crippen molar-refractivity contribution in [2.24, 2.45) is 0 Å². The van der Waals surface area contributed by atoms with E-state index in [9.17, 15) is 24.2 Å². The fraction of sp³-hybridized carbons (Fsp3) is 0.545. The highest BCUT2D eigenvalue weighted by Gasteiger charge is 2.45. The Kier molecular flexibility index (Phi) is 6.57. The smallest absolute Gasteiger partial charge is 0.340 e. The zero-order valence-corrected chi connectivity index (χ0v) is 15.8. The first-order chi connectivity index (χ1) is 12.5. The van der Waals surface area contributed by atoms with Crippen LogP contribution in [0.1, 0.15) is 6.23 Å². The first-order valence-corrected chi connectivity index (χ1v) is 11.0. The van der Waals surface area contributed by atoms with Crippen molar-refractivity contribution >= 4 is 32.2 Å². The highest BCUT2D eigenvalue weighted by Crippen LogP contribution is 2.55. The number of fused-ring (bicyclic) bond motifs is 1. The number of anilines is 1. The lowest BCUT2D eigenvalue weighted by atomic mass is 10.1. The van der Waals surface area contributed by atoms with Gasteiger partial charge in [0.05, 0.1) is 12.9 Å². The number of aliphatic hydroxyl groups excluding tert-OH is 2. The van der Waals surface area contributed by atoms with E-state index in [2.05, 4.69) is 19.5 Å². The molecular formula is C11H19N5O10P2. The van der Waals surface area contributed by atoms with Crippen molar-refractivity contribution in [3.05, 3.63) is 12.7 Å². The maximum Gasteiger partial charge on any atom is 0.340 e. The van der Waals surface area contributed by atoms with Crippen molar-refractivity contribution in [1.82, 2.24) is 19.5 Å². The second-order valence-electron chi connectivity index (χ2n) is 5.87. The molecule has 1 saturated heterocycles. The van der Waals surface area contributed by atoms with Gasteiger partial charge in [-0.25, -0.2) is 15.0 Å². The van der Waals surface area contributed by atoms with E-state index >= 15 is 0 Å². The first kappa shape index (κ1) is 22.8. The van der Waals surface area contributed by atoms with Crippen LogP contribution in [0.2, 0.25) is 0 Å². The zero-order chi connectivity index (χ0) is 20.0. The molecular weight excluding hydrogens is 424 g/mol. The lowest BCUT2D eigenvalue weighted by Crippen LogP contribution is -2.33. The molecule has 3 heterocycles. The third-order valence-electron chi connectivity index (χ3n) is 3.80. The minimum atomic E-state index is -4.79. The van der Waals surface area contributed by atoms with Gasteiger partial charge in [-0.2, -0.15) is 0 Å². The van der Waals surface area contributed by atoms with Crippen LogP contribution in [0.3, 0.4) is 0 Å². The highest BCUT2D eigenvalue weighted by molar-refractivity contribution is 7.70. The largest absolute Gasteiger partial charge is 0.412 e. The molecule has 0 saturated carbocycles. The van der Waals surface area contributed by atoms with Crippen LogP contribution in [0.5, 0.6) is 0 Å². The summed E-state index contributed by atoms with van der Waals surface area (Å²) in [6.45, 7) is -0.688. The molecule has 1 aliphatic heterocycles. The number of hydrogen-bond donors (Lipinski definition) is 6. The Hall–Kier alpha value is -1.51. The Bertz CT molecular complexity index is 934. The monoisotopic (exact) mass is 443 g/mol. The average Bonchev–Trinajstić information content (AvgIpc) is 3.07. The highest BCUT2D eigenvalue weighted by atomic mass is 31.2. The number of nitrogens with two attached hydrogens (primary N) is 1. The summed E-state index contributed by atoms with van der Waals surface area (Å²) in [4.78, 5) is 38.8. The standard InChI is InChI=1S/C11H17N5O9P2.H2O/c12-9-6-10(14-2-13-9)16(3-15-6)11-8(18)7(17)5(25-11)1-24-27(22,23)4-26(19,20)21;/h2-3,5,7-8,11,17-18H,1,4H2,(H,22,23)(H2,12,13,14)(H2,19,20,21);1H2/t5-,7-,8-,11-;/m1./s1. The van der Waals surface area contributed by atoms with E-state index in [1.165, 1.54) is 17.2 Å². The Labute approximate surface area is 156 Å². The Morgan fingerprint density at radius 3 is 2.50 bits per heavy atom. The molecule has 2 aromatic rings. The number of aliphatic hydroxyl groups is 2. The molecule has 9 N–H and O–H groups in total. The fourth-order valence-electron chi connectivity index (χ4n) is 2.62. The number of imidazole rings is 1. The maximum atomic E-state index is 11.7. The van der Waals surface area contributed by atoms with Crippen molar-refractivity contribution < 1.29 is 48.8 Å². The van der Waals surface area contributed by atoms with Gasteiger partial charge in [0, 0.05) is 0 Å². The minimum Gasteiger partial charge on any atom is -0.412 e. The van der Waals surface area contributed by atoms with Gasteiger partial charge in [0.15, 0.2) is 23.6 Å². The molecule has 0 radical (unpaired) electrons. The first-order valence-electron chi connectivity index (χ1n) is 7.44. The molecule has 1 aliphatic rings. The lowest BCUT2D eigenvalue weighted by molar-refractivity contribution is -0.0483. The predicted molar refractivity (Wildman–Crippen MR) is 92.0 cm³/mol. The van der Waals surface area contributed by atoms with Gasteiger partial charge in [-0.05, 0) is 0 Å². The van der Waals surface area contributed by atoms with E-state index in [0.717, 1.165) is 0 Å². The van der Waals surface area contributed by atoms with Gasteiger partial charge < -0.3 is 45.4 Å². The topological polar surface area (TPSA) is 255 Å². The van der Waals surface area contributed by atoms with Crippen LogP contribution >= 0.6 is 15.2 Å². The summed E-state index contributed by atoms with van der Waals surface area (Å²) in [7, 11) is -9.42. The number of nitrogen functional groups attached to an aromatic ring is 1. The summed E-state index contributed by atoms with van der Waals surface area (Å²) in [5.74, 6) is -1.28. The zero-order valence-electron chi connectivity index (χ0n) is 14.0. The molecule has 1 fully saturated rings. The van der Waals surface area contributed by atoms with Crippen LogP contribution in [0.15, 0.2) is 12.7 Å². The van der Waals surface area contributed by atoms with E-state index in [4.69, 9.17) is 20.3 Å². The molecule has 0 amide bonds. The van der Waals surface area contributed by atoms with Crippen molar-refractivity contribution in [2.75, 3.05) is 18.2 Å². The van der Waals surface area contributed by atoms with E-state index in [0.29, 0.717) is 0 Å². The molecule has 28 heavy (non-hydrogen) atoms. The summed E-state index contributed by atoms with van der Waals surface area (Å²) in [5.41, 5.74) is 6.17. The van der Waals surface area contributed by atoms with Crippen molar-refractivity contribution in [2.45, 2.75) is 24.5 Å². The summed E-state index contributed by atoms with van der Waals surface area (Å²) >= 11 is 0. The molecule has 17 heteroatoms. The Balaban J connectivity index is 0.00000280.